The first-order valence-corrected chi connectivity index (χ1v) is 7.84. The van der Waals surface area contributed by atoms with Crippen LogP contribution in [-0.4, -0.2) is 40.7 Å². The molecule has 0 bridgehead atoms. The van der Waals surface area contributed by atoms with Crippen LogP contribution in [0.25, 0.3) is 0 Å². The van der Waals surface area contributed by atoms with E-state index in [1.54, 1.807) is 0 Å². The molecule has 2 saturated heterocycles. The van der Waals surface area contributed by atoms with Gasteiger partial charge in [-0.15, -0.1) is 0 Å². The molecular weight excluding hydrogens is 266 g/mol. The maximum Gasteiger partial charge on any atom is 0.323 e. The SMILES string of the molecule is C[C@@H]1C[C@H](N2CCC[C@@H]2C[C@@H](O)c2ccccc2)C(=O)O1. The summed E-state index contributed by atoms with van der Waals surface area (Å²) >= 11 is 0. The minimum Gasteiger partial charge on any atom is -0.461 e. The van der Waals surface area contributed by atoms with Gasteiger partial charge in [0.2, 0.25) is 0 Å². The van der Waals surface area contributed by atoms with E-state index in [1.165, 1.54) is 0 Å². The minimum absolute atomic E-state index is 0.0165. The van der Waals surface area contributed by atoms with Crippen molar-refractivity contribution in [1.82, 2.24) is 4.90 Å². The molecule has 0 unspecified atom stereocenters. The second-order valence-electron chi connectivity index (χ2n) is 6.20. The van der Waals surface area contributed by atoms with E-state index in [-0.39, 0.29) is 24.2 Å². The number of benzene rings is 1. The van der Waals surface area contributed by atoms with E-state index in [1.807, 2.05) is 37.3 Å². The average molecular weight is 289 g/mol. The quantitative estimate of drug-likeness (QED) is 0.864. The van der Waals surface area contributed by atoms with Crippen LogP contribution in [0.1, 0.15) is 44.3 Å². The van der Waals surface area contributed by atoms with E-state index in [9.17, 15) is 9.90 Å². The van der Waals surface area contributed by atoms with Crippen LogP contribution in [0, 0.1) is 0 Å². The Bertz CT molecular complexity index is 490. The number of carbonyl (C=O) groups is 1. The first-order chi connectivity index (χ1) is 10.1. The Hall–Kier alpha value is -1.39. The Labute approximate surface area is 125 Å². The van der Waals surface area contributed by atoms with Gasteiger partial charge in [-0.3, -0.25) is 9.69 Å². The molecule has 2 fully saturated rings. The standard InChI is InChI=1S/C17H23NO3/c1-12-10-15(17(20)21-12)18-9-5-8-14(18)11-16(19)13-6-3-2-4-7-13/h2-4,6-7,12,14-16,19H,5,8-11H2,1H3/t12-,14-,15+,16-/m1/s1. The van der Waals surface area contributed by atoms with Gasteiger partial charge in [-0.1, -0.05) is 30.3 Å². The topological polar surface area (TPSA) is 49.8 Å². The summed E-state index contributed by atoms with van der Waals surface area (Å²) in [7, 11) is 0. The fourth-order valence-electron chi connectivity index (χ4n) is 3.60. The highest BCUT2D eigenvalue weighted by Gasteiger charge is 2.41. The van der Waals surface area contributed by atoms with Crippen molar-refractivity contribution in [2.24, 2.45) is 0 Å². The van der Waals surface area contributed by atoms with Gasteiger partial charge >= 0.3 is 5.97 Å². The van der Waals surface area contributed by atoms with E-state index >= 15 is 0 Å². The maximum atomic E-state index is 11.9. The summed E-state index contributed by atoms with van der Waals surface area (Å²) in [5.41, 5.74) is 0.951. The summed E-state index contributed by atoms with van der Waals surface area (Å²) in [5, 5.41) is 10.4. The van der Waals surface area contributed by atoms with Crippen molar-refractivity contribution < 1.29 is 14.6 Å². The zero-order chi connectivity index (χ0) is 14.8. The van der Waals surface area contributed by atoms with Crippen molar-refractivity contribution in [3.05, 3.63) is 35.9 Å². The van der Waals surface area contributed by atoms with Crippen LogP contribution in [0.5, 0.6) is 0 Å². The van der Waals surface area contributed by atoms with Gasteiger partial charge < -0.3 is 9.84 Å². The third kappa shape index (κ3) is 3.11. The van der Waals surface area contributed by atoms with Crippen LogP contribution in [0.3, 0.4) is 0 Å². The summed E-state index contributed by atoms with van der Waals surface area (Å²) in [6.45, 7) is 2.88. The van der Waals surface area contributed by atoms with Gasteiger partial charge in [-0.25, -0.2) is 0 Å². The predicted octanol–water partition coefficient (Wildman–Crippen LogP) is 2.28. The van der Waals surface area contributed by atoms with E-state index in [0.717, 1.165) is 31.4 Å². The van der Waals surface area contributed by atoms with E-state index < -0.39 is 6.10 Å². The van der Waals surface area contributed by atoms with Crippen LogP contribution in [-0.2, 0) is 9.53 Å². The molecule has 0 aliphatic carbocycles. The number of aliphatic hydroxyl groups excluding tert-OH is 1. The third-order valence-electron chi connectivity index (χ3n) is 4.65. The lowest BCUT2D eigenvalue weighted by Gasteiger charge is -2.29. The number of hydrogen-bond acceptors (Lipinski definition) is 4. The molecule has 2 heterocycles. The summed E-state index contributed by atoms with van der Waals surface area (Å²) in [4.78, 5) is 14.2. The molecule has 1 aromatic carbocycles. The summed E-state index contributed by atoms with van der Waals surface area (Å²) in [6, 6.07) is 9.90. The Morgan fingerprint density at radius 2 is 2.14 bits per heavy atom. The van der Waals surface area contributed by atoms with Gasteiger partial charge in [0.25, 0.3) is 0 Å². The molecule has 0 aromatic heterocycles. The van der Waals surface area contributed by atoms with Crippen molar-refractivity contribution in [3.8, 4) is 0 Å². The fraction of sp³-hybridized carbons (Fsp3) is 0.588. The largest absolute Gasteiger partial charge is 0.461 e. The van der Waals surface area contributed by atoms with Crippen LogP contribution in [0.4, 0.5) is 0 Å². The van der Waals surface area contributed by atoms with Crippen LogP contribution in [0.15, 0.2) is 30.3 Å². The molecule has 4 atom stereocenters. The number of aliphatic hydroxyl groups is 1. The normalized spacial score (nSPS) is 31.3. The Balaban J connectivity index is 1.66. The molecule has 3 rings (SSSR count). The number of hydrogen-bond donors (Lipinski definition) is 1. The van der Waals surface area contributed by atoms with E-state index in [4.69, 9.17) is 4.74 Å². The second kappa shape index (κ2) is 6.16. The molecule has 0 spiro atoms. The zero-order valence-corrected chi connectivity index (χ0v) is 12.4. The molecule has 21 heavy (non-hydrogen) atoms. The number of likely N-dealkylation sites (tertiary alicyclic amines) is 1. The van der Waals surface area contributed by atoms with Crippen molar-refractivity contribution in [3.63, 3.8) is 0 Å². The number of rotatable bonds is 4. The fourth-order valence-corrected chi connectivity index (χ4v) is 3.60. The highest BCUT2D eigenvalue weighted by Crippen LogP contribution is 2.32. The molecule has 0 radical (unpaired) electrons. The third-order valence-corrected chi connectivity index (χ3v) is 4.65. The van der Waals surface area contributed by atoms with Gasteiger partial charge in [0.15, 0.2) is 0 Å². The van der Waals surface area contributed by atoms with Crippen LogP contribution >= 0.6 is 0 Å². The van der Waals surface area contributed by atoms with Gasteiger partial charge in [0.1, 0.15) is 12.1 Å². The first-order valence-electron chi connectivity index (χ1n) is 7.84. The lowest BCUT2D eigenvalue weighted by Crippen LogP contribution is -2.42. The van der Waals surface area contributed by atoms with Gasteiger partial charge in [0, 0.05) is 12.5 Å². The number of esters is 1. The zero-order valence-electron chi connectivity index (χ0n) is 12.4. The number of ether oxygens (including phenoxy) is 1. The molecular formula is C17H23NO3. The van der Waals surface area contributed by atoms with Crippen molar-refractivity contribution in [2.75, 3.05) is 6.54 Å². The smallest absolute Gasteiger partial charge is 0.323 e. The van der Waals surface area contributed by atoms with Gasteiger partial charge in [-0.2, -0.15) is 0 Å². The predicted molar refractivity (Wildman–Crippen MR) is 79.7 cm³/mol. The Morgan fingerprint density at radius 1 is 1.38 bits per heavy atom. The number of carbonyl (C=O) groups excluding carboxylic acids is 1. The summed E-state index contributed by atoms with van der Waals surface area (Å²) < 4.78 is 5.28. The lowest BCUT2D eigenvalue weighted by atomic mass is 9.99. The minimum atomic E-state index is -0.466. The van der Waals surface area contributed by atoms with Crippen molar-refractivity contribution in [1.29, 1.82) is 0 Å². The van der Waals surface area contributed by atoms with E-state index in [2.05, 4.69) is 4.90 Å². The Morgan fingerprint density at radius 3 is 2.81 bits per heavy atom. The number of cyclic esters (lactones) is 1. The van der Waals surface area contributed by atoms with Gasteiger partial charge in [0.05, 0.1) is 6.10 Å². The maximum absolute atomic E-state index is 11.9. The summed E-state index contributed by atoms with van der Waals surface area (Å²) in [6.07, 6.45) is 3.14. The second-order valence-corrected chi connectivity index (χ2v) is 6.20. The summed E-state index contributed by atoms with van der Waals surface area (Å²) in [5.74, 6) is -0.0939. The van der Waals surface area contributed by atoms with Crippen LogP contribution in [0.2, 0.25) is 0 Å². The molecule has 2 aliphatic rings. The van der Waals surface area contributed by atoms with Crippen molar-refractivity contribution >= 4 is 5.97 Å². The molecule has 1 aromatic rings. The molecule has 0 saturated carbocycles. The molecule has 0 amide bonds. The first kappa shape index (κ1) is 14.5. The lowest BCUT2D eigenvalue weighted by molar-refractivity contribution is -0.145. The van der Waals surface area contributed by atoms with E-state index in [0.29, 0.717) is 6.42 Å². The average Bonchev–Trinajstić information content (AvgIpc) is 3.05. The van der Waals surface area contributed by atoms with Crippen molar-refractivity contribution in [2.45, 2.75) is 56.9 Å². The molecule has 1 N–H and O–H groups in total. The number of nitrogens with zero attached hydrogens (tertiary/aromatic N) is 1. The van der Waals surface area contributed by atoms with Crippen LogP contribution < -0.4 is 0 Å². The molecule has 4 nitrogen and oxygen atoms in total. The highest BCUT2D eigenvalue weighted by atomic mass is 16.6. The van der Waals surface area contributed by atoms with Gasteiger partial charge in [-0.05, 0) is 38.3 Å². The molecule has 2 aliphatic heterocycles. The Kier molecular flexibility index (Phi) is 4.27. The highest BCUT2D eigenvalue weighted by molar-refractivity contribution is 5.78. The monoisotopic (exact) mass is 289 g/mol. The molecule has 4 heteroatoms. The molecule has 114 valence electrons.